The number of rotatable bonds is 3. The van der Waals surface area contributed by atoms with Crippen LogP contribution in [-0.2, 0) is 0 Å². The molecule has 0 aliphatic heterocycles. The van der Waals surface area contributed by atoms with E-state index in [9.17, 15) is 0 Å². The monoisotopic (exact) mass is 216 g/mol. The highest BCUT2D eigenvalue weighted by Gasteiger charge is 2.20. The molecule has 0 amide bonds. The molecule has 0 heterocycles. The summed E-state index contributed by atoms with van der Waals surface area (Å²) in [4.78, 5) is 0.709. The zero-order valence-electron chi connectivity index (χ0n) is 7.28. The Labute approximate surface area is 78.9 Å². The second-order valence-corrected chi connectivity index (χ2v) is 4.39. The molecule has 1 aliphatic rings. The van der Waals surface area contributed by atoms with E-state index in [1.165, 1.54) is 38.5 Å². The van der Waals surface area contributed by atoms with E-state index in [1.54, 1.807) is 5.92 Å². The normalized spacial score (nSPS) is 23.5. The van der Waals surface area contributed by atoms with Crippen molar-refractivity contribution >= 4 is 15.9 Å². The molecule has 1 saturated carbocycles. The Kier molecular flexibility index (Phi) is 4.51. The quantitative estimate of drug-likeness (QED) is 0.629. The molecule has 1 aliphatic carbocycles. The van der Waals surface area contributed by atoms with Crippen molar-refractivity contribution in [2.24, 2.45) is 0 Å². The van der Waals surface area contributed by atoms with Crippen molar-refractivity contribution in [3.8, 4) is 0 Å². The first kappa shape index (κ1) is 9.57. The lowest BCUT2D eigenvalue weighted by Crippen LogP contribution is -2.15. The lowest BCUT2D eigenvalue weighted by atomic mass is 9.86. The molecule has 2 radical (unpaired) electrons. The molecular formula is C10H17Br. The maximum atomic E-state index is 3.75. The topological polar surface area (TPSA) is 0 Å². The van der Waals surface area contributed by atoms with Gasteiger partial charge in [-0.05, 0) is 44.4 Å². The summed E-state index contributed by atoms with van der Waals surface area (Å²) in [6.45, 7) is 2.25. The van der Waals surface area contributed by atoms with Crippen LogP contribution in [0.3, 0.4) is 0 Å². The van der Waals surface area contributed by atoms with E-state index in [4.69, 9.17) is 0 Å². The molecule has 1 fully saturated rings. The van der Waals surface area contributed by atoms with Crippen molar-refractivity contribution in [3.63, 3.8) is 0 Å². The van der Waals surface area contributed by atoms with Crippen LogP contribution in [0.4, 0.5) is 0 Å². The summed E-state index contributed by atoms with van der Waals surface area (Å²) >= 11 is 3.75. The van der Waals surface area contributed by atoms with Crippen LogP contribution in [0.1, 0.15) is 45.4 Å². The summed E-state index contributed by atoms with van der Waals surface area (Å²) in [5.41, 5.74) is 0. The fourth-order valence-electron chi connectivity index (χ4n) is 1.62. The Morgan fingerprint density at radius 2 is 2.09 bits per heavy atom. The number of alkyl halides is 1. The van der Waals surface area contributed by atoms with Gasteiger partial charge in [0.2, 0.25) is 0 Å². The highest BCUT2D eigenvalue weighted by atomic mass is 79.9. The molecule has 0 aromatic rings. The molecule has 0 spiro atoms. The van der Waals surface area contributed by atoms with Gasteiger partial charge in [0, 0.05) is 4.83 Å². The Hall–Kier alpha value is 0.480. The second kappa shape index (κ2) is 5.18. The molecule has 0 N–H and O–H groups in total. The molecule has 1 heteroatoms. The molecule has 11 heavy (non-hydrogen) atoms. The van der Waals surface area contributed by atoms with Crippen molar-refractivity contribution in [2.45, 2.75) is 50.3 Å². The summed E-state index contributed by atoms with van der Waals surface area (Å²) in [5.74, 6) is 1.74. The van der Waals surface area contributed by atoms with Gasteiger partial charge in [-0.25, -0.2) is 0 Å². The average molecular weight is 217 g/mol. The molecule has 1 rings (SSSR count). The highest BCUT2D eigenvalue weighted by Crippen LogP contribution is 2.33. The third-order valence-electron chi connectivity index (χ3n) is 2.32. The largest absolute Gasteiger partial charge is 0.0884 e. The van der Waals surface area contributed by atoms with Gasteiger partial charge in [-0.15, -0.1) is 0 Å². The summed E-state index contributed by atoms with van der Waals surface area (Å²) in [6, 6.07) is 0. The van der Waals surface area contributed by atoms with E-state index in [1.807, 2.05) is 0 Å². The molecular weight excluding hydrogens is 200 g/mol. The van der Waals surface area contributed by atoms with Crippen LogP contribution in [0.5, 0.6) is 0 Å². The van der Waals surface area contributed by atoms with E-state index in [0.29, 0.717) is 4.83 Å². The van der Waals surface area contributed by atoms with E-state index in [0.717, 1.165) is 0 Å². The van der Waals surface area contributed by atoms with Gasteiger partial charge in [0.25, 0.3) is 0 Å². The number of hydrogen-bond donors (Lipinski definition) is 0. The Bertz CT molecular complexity index is 95.0. The smallest absolute Gasteiger partial charge is 0.0207 e. The predicted molar refractivity (Wildman–Crippen MR) is 53.6 cm³/mol. The third-order valence-corrected chi connectivity index (χ3v) is 3.43. The zero-order valence-corrected chi connectivity index (χ0v) is 8.86. The summed E-state index contributed by atoms with van der Waals surface area (Å²) in [6.07, 6.45) is 10.3. The lowest BCUT2D eigenvalue weighted by molar-refractivity contribution is 0.575. The van der Waals surface area contributed by atoms with E-state index in [-0.39, 0.29) is 0 Å². The molecule has 0 bridgehead atoms. The van der Waals surface area contributed by atoms with Crippen LogP contribution in [0.2, 0.25) is 0 Å². The van der Waals surface area contributed by atoms with Gasteiger partial charge < -0.3 is 0 Å². The van der Waals surface area contributed by atoms with E-state index in [2.05, 4.69) is 29.3 Å². The Morgan fingerprint density at radius 3 is 2.64 bits per heavy atom. The van der Waals surface area contributed by atoms with Gasteiger partial charge in [-0.3, -0.25) is 0 Å². The van der Waals surface area contributed by atoms with E-state index >= 15 is 0 Å². The van der Waals surface area contributed by atoms with Gasteiger partial charge in [-0.2, -0.15) is 0 Å². The molecule has 0 aromatic heterocycles. The maximum absolute atomic E-state index is 3.75. The Balaban J connectivity index is 2.21. The van der Waals surface area contributed by atoms with Crippen LogP contribution in [0.25, 0.3) is 0 Å². The summed E-state index contributed by atoms with van der Waals surface area (Å²) in [7, 11) is 0. The first-order valence-electron chi connectivity index (χ1n) is 4.65. The molecule has 0 nitrogen and oxygen atoms in total. The number of halogens is 1. The number of hydrogen-bond acceptors (Lipinski definition) is 0. The van der Waals surface area contributed by atoms with Gasteiger partial charge in [0.15, 0.2) is 0 Å². The highest BCUT2D eigenvalue weighted by molar-refractivity contribution is 9.09. The molecule has 0 aromatic carbocycles. The third kappa shape index (κ3) is 3.14. The van der Waals surface area contributed by atoms with Gasteiger partial charge in [-0.1, -0.05) is 29.3 Å². The molecule has 0 saturated heterocycles. The molecule has 1 unspecified atom stereocenters. The summed E-state index contributed by atoms with van der Waals surface area (Å²) in [5, 5.41) is 0. The van der Waals surface area contributed by atoms with Crippen LogP contribution in [0.15, 0.2) is 0 Å². The zero-order chi connectivity index (χ0) is 8.10. The minimum atomic E-state index is 0.709. The SMILES string of the molecule is CCCC(Br)[C]1CC[CH]CC1. The average Bonchev–Trinajstić information content (AvgIpc) is 2.07. The van der Waals surface area contributed by atoms with Crippen LogP contribution in [-0.4, -0.2) is 4.83 Å². The molecule has 1 atom stereocenters. The minimum absolute atomic E-state index is 0.709. The van der Waals surface area contributed by atoms with E-state index < -0.39 is 0 Å². The first-order valence-corrected chi connectivity index (χ1v) is 5.56. The minimum Gasteiger partial charge on any atom is -0.0884 e. The standard InChI is InChI=1S/C10H17Br/c1-2-6-10(11)9-7-4-3-5-8-9/h3,10H,2,4-8H2,1H3. The summed E-state index contributed by atoms with van der Waals surface area (Å²) < 4.78 is 0. The fourth-order valence-corrected chi connectivity index (χ4v) is 2.53. The van der Waals surface area contributed by atoms with Crippen molar-refractivity contribution in [3.05, 3.63) is 12.3 Å². The van der Waals surface area contributed by atoms with Gasteiger partial charge in [0.05, 0.1) is 0 Å². The second-order valence-electron chi connectivity index (χ2n) is 3.28. The van der Waals surface area contributed by atoms with Crippen molar-refractivity contribution in [1.82, 2.24) is 0 Å². The Morgan fingerprint density at radius 1 is 1.45 bits per heavy atom. The lowest BCUT2D eigenvalue weighted by Gasteiger charge is -2.25. The van der Waals surface area contributed by atoms with Crippen molar-refractivity contribution in [2.75, 3.05) is 0 Å². The van der Waals surface area contributed by atoms with Crippen molar-refractivity contribution in [1.29, 1.82) is 0 Å². The predicted octanol–water partition coefficient (Wildman–Crippen LogP) is 3.90. The van der Waals surface area contributed by atoms with Crippen LogP contribution >= 0.6 is 15.9 Å². The first-order chi connectivity index (χ1) is 5.34. The van der Waals surface area contributed by atoms with Gasteiger partial charge >= 0.3 is 0 Å². The molecule has 64 valence electrons. The van der Waals surface area contributed by atoms with Gasteiger partial charge in [0.1, 0.15) is 0 Å². The van der Waals surface area contributed by atoms with Crippen molar-refractivity contribution < 1.29 is 0 Å². The van der Waals surface area contributed by atoms with Crippen LogP contribution in [0, 0.1) is 12.3 Å². The van der Waals surface area contributed by atoms with Crippen LogP contribution < -0.4 is 0 Å². The fraction of sp³-hybridized carbons (Fsp3) is 0.800. The maximum Gasteiger partial charge on any atom is 0.0207 e.